The number of carbonyl (C=O) groups excluding carboxylic acids is 1. The van der Waals surface area contributed by atoms with Crippen LogP contribution < -0.4 is 0 Å². The van der Waals surface area contributed by atoms with Crippen LogP contribution in [0.2, 0.25) is 0 Å². The minimum Gasteiger partial charge on any atom is -0.481 e. The lowest BCUT2D eigenvalue weighted by molar-refractivity contribution is -0.151. The Labute approximate surface area is 65.2 Å². The number of carboxylic acid groups (broad SMARTS) is 1. The first-order chi connectivity index (χ1) is 5.06. The second-order valence-corrected chi connectivity index (χ2v) is 2.25. The van der Waals surface area contributed by atoms with Gasteiger partial charge in [-0.25, -0.2) is 0 Å². The Balaban J connectivity index is 3.60. The molecule has 1 atom stereocenters. The molecule has 0 bridgehead atoms. The summed E-state index contributed by atoms with van der Waals surface area (Å²) in [5.74, 6) is -1.32. The Hall–Kier alpha value is -1.06. The van der Waals surface area contributed by atoms with Crippen LogP contribution in [0.25, 0.3) is 0 Å². The lowest BCUT2D eigenvalue weighted by Gasteiger charge is -2.08. The monoisotopic (exact) mass is 160 g/mol. The minimum absolute atomic E-state index is 0.133. The molecule has 0 aliphatic heterocycles. The van der Waals surface area contributed by atoms with E-state index < -0.39 is 12.1 Å². The summed E-state index contributed by atoms with van der Waals surface area (Å²) in [6.07, 6.45) is -0.379. The highest BCUT2D eigenvalue weighted by molar-refractivity contribution is 5.71. The van der Waals surface area contributed by atoms with E-state index in [1.54, 1.807) is 13.8 Å². The molecule has 0 heterocycles. The van der Waals surface area contributed by atoms with Gasteiger partial charge >= 0.3 is 11.9 Å². The predicted molar refractivity (Wildman–Crippen MR) is 38.1 cm³/mol. The molecular formula is C7H12O4. The highest BCUT2D eigenvalue weighted by atomic mass is 16.5. The number of ether oxygens (including phenoxy) is 1. The van der Waals surface area contributed by atoms with Gasteiger partial charge in [-0.2, -0.15) is 0 Å². The Morgan fingerprint density at radius 1 is 1.55 bits per heavy atom. The van der Waals surface area contributed by atoms with E-state index in [1.807, 2.05) is 0 Å². The van der Waals surface area contributed by atoms with Crippen LogP contribution in [-0.2, 0) is 14.3 Å². The molecule has 11 heavy (non-hydrogen) atoms. The van der Waals surface area contributed by atoms with Gasteiger partial charge in [-0.05, 0) is 6.92 Å². The van der Waals surface area contributed by atoms with Crippen molar-refractivity contribution < 1.29 is 19.4 Å². The number of rotatable bonds is 4. The molecule has 0 aromatic rings. The maximum atomic E-state index is 10.6. The number of hydrogen-bond donors (Lipinski definition) is 1. The van der Waals surface area contributed by atoms with E-state index in [9.17, 15) is 9.59 Å². The molecule has 4 nitrogen and oxygen atoms in total. The smallest absolute Gasteiger partial charge is 0.307 e. The second-order valence-electron chi connectivity index (χ2n) is 2.25. The van der Waals surface area contributed by atoms with Gasteiger partial charge < -0.3 is 9.84 Å². The maximum Gasteiger partial charge on any atom is 0.307 e. The zero-order valence-electron chi connectivity index (χ0n) is 6.66. The molecule has 64 valence electrons. The normalized spacial score (nSPS) is 12.2. The van der Waals surface area contributed by atoms with Crippen LogP contribution in [0.3, 0.4) is 0 Å². The summed E-state index contributed by atoms with van der Waals surface area (Å²) >= 11 is 0. The third-order valence-electron chi connectivity index (χ3n) is 1.08. The molecule has 0 amide bonds. The van der Waals surface area contributed by atoms with Gasteiger partial charge in [0, 0.05) is 6.42 Å². The van der Waals surface area contributed by atoms with Crippen molar-refractivity contribution in [1.29, 1.82) is 0 Å². The highest BCUT2D eigenvalue weighted by Crippen LogP contribution is 1.98. The molecule has 1 N–H and O–H groups in total. The Morgan fingerprint density at radius 2 is 2.09 bits per heavy atom. The topological polar surface area (TPSA) is 63.6 Å². The van der Waals surface area contributed by atoms with Crippen molar-refractivity contribution in [1.82, 2.24) is 0 Å². The summed E-state index contributed by atoms with van der Waals surface area (Å²) in [5, 5.41) is 8.28. The molecule has 0 saturated carbocycles. The van der Waals surface area contributed by atoms with Crippen LogP contribution in [-0.4, -0.2) is 23.1 Å². The van der Waals surface area contributed by atoms with E-state index in [1.165, 1.54) is 0 Å². The quantitative estimate of drug-likeness (QED) is 0.618. The van der Waals surface area contributed by atoms with Crippen molar-refractivity contribution in [2.75, 3.05) is 0 Å². The van der Waals surface area contributed by atoms with Crippen LogP contribution in [0.15, 0.2) is 0 Å². The van der Waals surface area contributed by atoms with Gasteiger partial charge in [-0.3, -0.25) is 9.59 Å². The molecule has 0 unspecified atom stereocenters. The molecule has 0 radical (unpaired) electrons. The first-order valence-corrected chi connectivity index (χ1v) is 3.47. The van der Waals surface area contributed by atoms with Crippen LogP contribution in [0, 0.1) is 0 Å². The molecule has 0 rings (SSSR count). The van der Waals surface area contributed by atoms with Gasteiger partial charge in [0.25, 0.3) is 0 Å². The first-order valence-electron chi connectivity index (χ1n) is 3.47. The molecule has 0 saturated heterocycles. The summed E-state index contributed by atoms with van der Waals surface area (Å²) in [7, 11) is 0. The van der Waals surface area contributed by atoms with E-state index in [0.29, 0.717) is 0 Å². The Bertz CT molecular complexity index is 153. The number of esters is 1. The van der Waals surface area contributed by atoms with E-state index >= 15 is 0 Å². The summed E-state index contributed by atoms with van der Waals surface area (Å²) in [6.45, 7) is 3.22. The van der Waals surface area contributed by atoms with E-state index in [-0.39, 0.29) is 18.8 Å². The number of hydrogen-bond acceptors (Lipinski definition) is 3. The summed E-state index contributed by atoms with van der Waals surface area (Å²) < 4.78 is 4.69. The fraction of sp³-hybridized carbons (Fsp3) is 0.714. The zero-order valence-corrected chi connectivity index (χ0v) is 6.66. The van der Waals surface area contributed by atoms with Crippen LogP contribution >= 0.6 is 0 Å². The largest absolute Gasteiger partial charge is 0.481 e. The van der Waals surface area contributed by atoms with Gasteiger partial charge in [-0.15, -0.1) is 0 Å². The molecular weight excluding hydrogens is 148 g/mol. The van der Waals surface area contributed by atoms with Gasteiger partial charge in [-0.1, -0.05) is 6.92 Å². The van der Waals surface area contributed by atoms with Crippen molar-refractivity contribution in [2.24, 2.45) is 0 Å². The fourth-order valence-electron chi connectivity index (χ4n) is 0.595. The molecule has 0 aliphatic carbocycles. The highest BCUT2D eigenvalue weighted by Gasteiger charge is 2.10. The van der Waals surface area contributed by atoms with E-state index in [2.05, 4.69) is 0 Å². The Morgan fingerprint density at radius 3 is 2.45 bits per heavy atom. The Kier molecular flexibility index (Phi) is 4.26. The van der Waals surface area contributed by atoms with E-state index in [4.69, 9.17) is 9.84 Å². The van der Waals surface area contributed by atoms with Gasteiger partial charge in [0.15, 0.2) is 0 Å². The average Bonchev–Trinajstić information content (AvgIpc) is 1.85. The number of carboxylic acids is 1. The molecule has 0 aromatic carbocycles. The van der Waals surface area contributed by atoms with Crippen molar-refractivity contribution in [3.63, 3.8) is 0 Å². The second kappa shape index (κ2) is 4.71. The predicted octanol–water partition coefficient (Wildman–Crippen LogP) is 0.803. The fourth-order valence-corrected chi connectivity index (χ4v) is 0.595. The first kappa shape index (κ1) is 9.94. The molecule has 0 aliphatic rings. The number of aliphatic carboxylic acids is 1. The minimum atomic E-state index is -0.957. The van der Waals surface area contributed by atoms with E-state index in [0.717, 1.165) is 0 Å². The van der Waals surface area contributed by atoms with Crippen molar-refractivity contribution in [3.8, 4) is 0 Å². The lowest BCUT2D eigenvalue weighted by atomic mass is 10.3. The third kappa shape index (κ3) is 5.39. The molecule has 0 spiro atoms. The van der Waals surface area contributed by atoms with Crippen LogP contribution in [0.4, 0.5) is 0 Å². The van der Waals surface area contributed by atoms with Crippen molar-refractivity contribution in [2.45, 2.75) is 32.8 Å². The molecule has 4 heteroatoms. The van der Waals surface area contributed by atoms with Crippen LogP contribution in [0.5, 0.6) is 0 Å². The van der Waals surface area contributed by atoms with Gasteiger partial charge in [0.05, 0.1) is 6.42 Å². The average molecular weight is 160 g/mol. The van der Waals surface area contributed by atoms with Crippen molar-refractivity contribution in [3.05, 3.63) is 0 Å². The maximum absolute atomic E-state index is 10.6. The summed E-state index contributed by atoms with van der Waals surface area (Å²) in [5.41, 5.74) is 0. The molecule has 0 aromatic heterocycles. The zero-order chi connectivity index (χ0) is 8.85. The lowest BCUT2D eigenvalue weighted by Crippen LogP contribution is -2.17. The van der Waals surface area contributed by atoms with Crippen LogP contribution in [0.1, 0.15) is 26.7 Å². The van der Waals surface area contributed by atoms with Gasteiger partial charge in [0.1, 0.15) is 6.10 Å². The third-order valence-corrected chi connectivity index (χ3v) is 1.08. The standard InChI is InChI=1S/C7H12O4/c1-3-7(10)11-5(2)4-6(8)9/h5H,3-4H2,1-2H3,(H,8,9)/t5-/m1/s1. The summed E-state index contributed by atoms with van der Waals surface area (Å²) in [6, 6.07) is 0. The summed E-state index contributed by atoms with van der Waals surface area (Å²) in [4.78, 5) is 20.7. The number of carbonyl (C=O) groups is 2. The SMILES string of the molecule is CCC(=O)O[C@H](C)CC(=O)O. The van der Waals surface area contributed by atoms with Crippen molar-refractivity contribution >= 4 is 11.9 Å². The molecule has 0 fully saturated rings. The van der Waals surface area contributed by atoms with Gasteiger partial charge in [0.2, 0.25) is 0 Å².